The van der Waals surface area contributed by atoms with Gasteiger partial charge in [-0.05, 0) is 34.6 Å². The molecule has 0 spiro atoms. The van der Waals surface area contributed by atoms with Crippen LogP contribution in [0.15, 0.2) is 48.5 Å². The highest BCUT2D eigenvalue weighted by atomic mass is 19.4. The monoisotopic (exact) mass is 476 g/mol. The summed E-state index contributed by atoms with van der Waals surface area (Å²) in [6.07, 6.45) is -6.48. The van der Waals surface area contributed by atoms with E-state index in [-0.39, 0.29) is 25.0 Å². The molecule has 4 rings (SSSR count). The number of carboxylic acids is 1. The maximum atomic E-state index is 12.9. The van der Waals surface area contributed by atoms with Crippen LogP contribution in [-0.2, 0) is 14.3 Å². The molecule has 2 aliphatic rings. The SMILES string of the molecule is O=C(O)CC(NC(=O)[C@@H]1C[C@@H]1CNC(=O)OCC1c2ccccc2-c2ccccc21)C(F)(F)F. The zero-order valence-corrected chi connectivity index (χ0v) is 18.0. The zero-order chi connectivity index (χ0) is 24.5. The number of benzene rings is 2. The summed E-state index contributed by atoms with van der Waals surface area (Å²) < 4.78 is 44.2. The third-order valence-corrected chi connectivity index (χ3v) is 6.20. The first-order valence-electron chi connectivity index (χ1n) is 10.8. The second kappa shape index (κ2) is 9.36. The van der Waals surface area contributed by atoms with Gasteiger partial charge in [0.25, 0.3) is 0 Å². The highest BCUT2D eigenvalue weighted by Gasteiger charge is 2.48. The van der Waals surface area contributed by atoms with Gasteiger partial charge in [-0.25, -0.2) is 4.79 Å². The zero-order valence-electron chi connectivity index (χ0n) is 18.0. The molecule has 0 bridgehead atoms. The Kier molecular flexibility index (Phi) is 6.49. The average Bonchev–Trinajstić information content (AvgIpc) is 3.50. The average molecular weight is 476 g/mol. The topological polar surface area (TPSA) is 105 Å². The van der Waals surface area contributed by atoms with E-state index in [1.165, 1.54) is 0 Å². The maximum Gasteiger partial charge on any atom is 0.409 e. The van der Waals surface area contributed by atoms with E-state index in [2.05, 4.69) is 5.32 Å². The lowest BCUT2D eigenvalue weighted by Crippen LogP contribution is -2.47. The van der Waals surface area contributed by atoms with E-state index in [1.54, 1.807) is 5.32 Å². The number of carbonyl (C=O) groups is 3. The summed E-state index contributed by atoms with van der Waals surface area (Å²) in [7, 11) is 0. The number of rotatable bonds is 8. The lowest BCUT2D eigenvalue weighted by Gasteiger charge is -2.20. The predicted molar refractivity (Wildman–Crippen MR) is 115 cm³/mol. The van der Waals surface area contributed by atoms with Gasteiger partial charge in [0.05, 0.1) is 6.42 Å². The first kappa shape index (κ1) is 23.6. The van der Waals surface area contributed by atoms with Crippen LogP contribution in [0.5, 0.6) is 0 Å². The molecule has 2 amide bonds. The van der Waals surface area contributed by atoms with Crippen LogP contribution in [0.4, 0.5) is 18.0 Å². The summed E-state index contributed by atoms with van der Waals surface area (Å²) in [5, 5.41) is 13.0. The van der Waals surface area contributed by atoms with Crippen molar-refractivity contribution in [3.63, 3.8) is 0 Å². The second-order valence-electron chi connectivity index (χ2n) is 8.51. The van der Waals surface area contributed by atoms with Crippen molar-refractivity contribution >= 4 is 18.0 Å². The fraction of sp³-hybridized carbons (Fsp3) is 0.375. The fourth-order valence-electron chi connectivity index (χ4n) is 4.36. The third kappa shape index (κ3) is 5.16. The van der Waals surface area contributed by atoms with Crippen LogP contribution in [0.25, 0.3) is 11.1 Å². The van der Waals surface area contributed by atoms with E-state index in [1.807, 2.05) is 48.5 Å². The van der Waals surface area contributed by atoms with Crippen molar-refractivity contribution in [2.45, 2.75) is 31.0 Å². The van der Waals surface area contributed by atoms with Gasteiger partial charge in [-0.3, -0.25) is 9.59 Å². The van der Waals surface area contributed by atoms with Gasteiger partial charge in [-0.1, -0.05) is 48.5 Å². The number of alkyl halides is 3. The van der Waals surface area contributed by atoms with Crippen molar-refractivity contribution in [2.24, 2.45) is 11.8 Å². The van der Waals surface area contributed by atoms with Crippen molar-refractivity contribution in [2.75, 3.05) is 13.2 Å². The lowest BCUT2D eigenvalue weighted by molar-refractivity contribution is -0.170. The molecule has 34 heavy (non-hydrogen) atoms. The van der Waals surface area contributed by atoms with Crippen LogP contribution in [0.3, 0.4) is 0 Å². The van der Waals surface area contributed by atoms with Crippen LogP contribution in [0.2, 0.25) is 0 Å². The molecule has 0 radical (unpaired) electrons. The van der Waals surface area contributed by atoms with Crippen molar-refractivity contribution in [1.82, 2.24) is 10.6 Å². The van der Waals surface area contributed by atoms with Gasteiger partial charge < -0.3 is 20.5 Å². The highest BCUT2D eigenvalue weighted by Crippen LogP contribution is 2.44. The molecule has 180 valence electrons. The minimum absolute atomic E-state index is 0.0738. The van der Waals surface area contributed by atoms with E-state index < -0.39 is 42.5 Å². The molecule has 0 heterocycles. The van der Waals surface area contributed by atoms with Gasteiger partial charge in [0.1, 0.15) is 12.6 Å². The number of carbonyl (C=O) groups excluding carboxylic acids is 2. The van der Waals surface area contributed by atoms with Crippen LogP contribution in [0, 0.1) is 11.8 Å². The Morgan fingerprint density at radius 2 is 1.62 bits per heavy atom. The number of fused-ring (bicyclic) bond motifs is 3. The quantitative estimate of drug-likeness (QED) is 0.539. The number of ether oxygens (including phenoxy) is 1. The minimum Gasteiger partial charge on any atom is -0.481 e. The molecule has 1 saturated carbocycles. The number of aliphatic carboxylic acids is 1. The molecular formula is C24H23F3N2O5. The molecule has 2 aromatic rings. The lowest BCUT2D eigenvalue weighted by atomic mass is 9.98. The molecule has 3 atom stereocenters. The standard InChI is InChI=1S/C24H23F3N2O5/c25-24(26,27)20(10-21(30)31)29-22(32)18-9-13(18)11-28-23(33)34-12-19-16-7-3-1-5-14(16)15-6-2-4-8-17(15)19/h1-8,13,18-20H,9-12H2,(H,28,33)(H,29,32)(H,30,31)/t13-,18-,20?/m1/s1. The van der Waals surface area contributed by atoms with Crippen LogP contribution in [0.1, 0.15) is 29.9 Å². The molecule has 0 aliphatic heterocycles. The van der Waals surface area contributed by atoms with Gasteiger partial charge in [-0.2, -0.15) is 13.2 Å². The van der Waals surface area contributed by atoms with Crippen molar-refractivity contribution in [3.8, 4) is 11.1 Å². The number of amides is 2. The molecule has 1 fully saturated rings. The van der Waals surface area contributed by atoms with E-state index in [0.29, 0.717) is 6.42 Å². The van der Waals surface area contributed by atoms with Crippen LogP contribution in [-0.4, -0.2) is 48.4 Å². The molecule has 10 heteroatoms. The smallest absolute Gasteiger partial charge is 0.409 e. The van der Waals surface area contributed by atoms with Crippen LogP contribution < -0.4 is 10.6 Å². The van der Waals surface area contributed by atoms with Crippen molar-refractivity contribution in [3.05, 3.63) is 59.7 Å². The largest absolute Gasteiger partial charge is 0.481 e. The number of hydrogen-bond acceptors (Lipinski definition) is 4. The van der Waals surface area contributed by atoms with Crippen molar-refractivity contribution in [1.29, 1.82) is 0 Å². The molecule has 2 aliphatic carbocycles. The normalized spacial score (nSPS) is 19.5. The Hall–Kier alpha value is -3.56. The first-order valence-corrected chi connectivity index (χ1v) is 10.8. The van der Waals surface area contributed by atoms with Gasteiger partial charge in [0.15, 0.2) is 0 Å². The summed E-state index contributed by atoms with van der Waals surface area (Å²) in [4.78, 5) is 34.9. The Labute approximate surface area is 193 Å². The molecular weight excluding hydrogens is 453 g/mol. The fourth-order valence-corrected chi connectivity index (χ4v) is 4.36. The minimum atomic E-state index is -4.86. The maximum absolute atomic E-state index is 12.9. The van der Waals surface area contributed by atoms with E-state index in [9.17, 15) is 27.6 Å². The summed E-state index contributed by atoms with van der Waals surface area (Å²) in [6.45, 7) is 0.196. The van der Waals surface area contributed by atoms with E-state index >= 15 is 0 Å². The molecule has 1 unspecified atom stereocenters. The summed E-state index contributed by atoms with van der Waals surface area (Å²) in [6, 6.07) is 13.3. The molecule has 0 aromatic heterocycles. The molecule has 0 saturated heterocycles. The number of carboxylic acid groups (broad SMARTS) is 1. The molecule has 2 aromatic carbocycles. The summed E-state index contributed by atoms with van der Waals surface area (Å²) >= 11 is 0. The van der Waals surface area contributed by atoms with Gasteiger partial charge in [-0.15, -0.1) is 0 Å². The summed E-state index contributed by atoms with van der Waals surface area (Å²) in [5.41, 5.74) is 4.32. The van der Waals surface area contributed by atoms with Gasteiger partial charge in [0.2, 0.25) is 5.91 Å². The third-order valence-electron chi connectivity index (χ3n) is 6.20. The van der Waals surface area contributed by atoms with Gasteiger partial charge in [0, 0.05) is 18.4 Å². The Balaban J connectivity index is 1.25. The predicted octanol–water partition coefficient (Wildman–Crippen LogP) is 3.68. The van der Waals surface area contributed by atoms with Crippen molar-refractivity contribution < 1.29 is 37.4 Å². The first-order chi connectivity index (χ1) is 16.1. The Morgan fingerprint density at radius 1 is 1.03 bits per heavy atom. The number of nitrogens with one attached hydrogen (secondary N) is 2. The van der Waals surface area contributed by atoms with Crippen LogP contribution >= 0.6 is 0 Å². The second-order valence-corrected chi connectivity index (χ2v) is 8.51. The van der Waals surface area contributed by atoms with Gasteiger partial charge >= 0.3 is 18.2 Å². The Bertz CT molecular complexity index is 1060. The molecule has 3 N–H and O–H groups in total. The number of hydrogen-bond donors (Lipinski definition) is 3. The Morgan fingerprint density at radius 3 is 2.18 bits per heavy atom. The van der Waals surface area contributed by atoms with E-state index in [0.717, 1.165) is 22.3 Å². The number of halogens is 3. The van der Waals surface area contributed by atoms with E-state index in [4.69, 9.17) is 9.84 Å². The number of alkyl carbamates (subject to hydrolysis) is 1. The highest BCUT2D eigenvalue weighted by molar-refractivity contribution is 5.83. The molecule has 7 nitrogen and oxygen atoms in total. The summed E-state index contributed by atoms with van der Waals surface area (Å²) in [5.74, 6) is -3.69.